The molecule has 2 aromatic carbocycles. The van der Waals surface area contributed by atoms with Gasteiger partial charge in [-0.25, -0.2) is 26.3 Å². The summed E-state index contributed by atoms with van der Waals surface area (Å²) in [6.45, 7) is 1.77. The molecular weight excluding hydrogens is 399 g/mol. The van der Waals surface area contributed by atoms with E-state index in [1.807, 2.05) is 0 Å². The second-order valence-electron chi connectivity index (χ2n) is 5.79. The predicted octanol–water partition coefficient (Wildman–Crippen LogP) is 2.39. The van der Waals surface area contributed by atoms with Crippen LogP contribution < -0.4 is 4.72 Å². The summed E-state index contributed by atoms with van der Waals surface area (Å²) in [5, 5.41) is 16.0. The maximum atomic E-state index is 13.8. The van der Waals surface area contributed by atoms with Gasteiger partial charge < -0.3 is 10.2 Å². The van der Waals surface area contributed by atoms with Crippen molar-refractivity contribution < 1.29 is 36.6 Å². The van der Waals surface area contributed by atoms with E-state index in [2.05, 4.69) is 4.72 Å². The molecular formula is C18H20F3NO5S. The fourth-order valence-corrected chi connectivity index (χ4v) is 3.59. The third-order valence-electron chi connectivity index (χ3n) is 3.63. The summed E-state index contributed by atoms with van der Waals surface area (Å²) < 4.78 is 67.1. The first-order valence-electron chi connectivity index (χ1n) is 7.97. The Morgan fingerprint density at radius 2 is 1.57 bits per heavy atom. The standard InChI is InChI=1S/C17H16F3NO4S.CH4O/c1-10-2-4-13(5-3-10)26(24,25)21-12(8-17(22)23)6-11-7-15(19)16(20)9-14(11)18;1-2/h2-5,7,9,12,21H,6,8H2,1H3,(H,22,23);2H,1H3. The van der Waals surface area contributed by atoms with E-state index in [1.54, 1.807) is 19.1 Å². The molecule has 0 spiro atoms. The Morgan fingerprint density at radius 3 is 2.11 bits per heavy atom. The molecule has 0 saturated carbocycles. The molecule has 1 unspecified atom stereocenters. The van der Waals surface area contributed by atoms with Crippen LogP contribution in [0.1, 0.15) is 17.5 Å². The monoisotopic (exact) mass is 419 g/mol. The van der Waals surface area contributed by atoms with Crippen LogP contribution in [0.5, 0.6) is 0 Å². The first-order chi connectivity index (χ1) is 13.1. The molecule has 0 radical (unpaired) electrons. The normalized spacial score (nSPS) is 12.1. The lowest BCUT2D eigenvalue weighted by Gasteiger charge is -2.18. The Morgan fingerprint density at radius 1 is 1.04 bits per heavy atom. The third-order valence-corrected chi connectivity index (χ3v) is 5.17. The van der Waals surface area contributed by atoms with Gasteiger partial charge in [-0.3, -0.25) is 4.79 Å². The van der Waals surface area contributed by atoms with Crippen molar-refractivity contribution in [1.29, 1.82) is 0 Å². The van der Waals surface area contributed by atoms with Gasteiger partial charge in [-0.15, -0.1) is 0 Å². The number of carboxylic acids is 1. The van der Waals surface area contributed by atoms with Crippen molar-refractivity contribution in [2.75, 3.05) is 7.11 Å². The van der Waals surface area contributed by atoms with Gasteiger partial charge in [-0.1, -0.05) is 17.7 Å². The number of aliphatic hydroxyl groups excluding tert-OH is 1. The minimum atomic E-state index is -4.08. The highest BCUT2D eigenvalue weighted by Gasteiger charge is 2.24. The van der Waals surface area contributed by atoms with Gasteiger partial charge in [0.25, 0.3) is 0 Å². The van der Waals surface area contributed by atoms with Crippen LogP contribution in [0.3, 0.4) is 0 Å². The van der Waals surface area contributed by atoms with Gasteiger partial charge in [0, 0.05) is 19.2 Å². The van der Waals surface area contributed by atoms with Crippen LogP contribution in [-0.2, 0) is 21.2 Å². The minimum Gasteiger partial charge on any atom is -0.481 e. The number of hydrogen-bond acceptors (Lipinski definition) is 4. The highest BCUT2D eigenvalue weighted by atomic mass is 32.2. The molecule has 0 aliphatic rings. The molecule has 3 N–H and O–H groups in total. The average Bonchev–Trinajstić information content (AvgIpc) is 2.61. The molecule has 28 heavy (non-hydrogen) atoms. The number of sulfonamides is 1. The predicted molar refractivity (Wildman–Crippen MR) is 95.7 cm³/mol. The number of hydrogen-bond donors (Lipinski definition) is 3. The SMILES string of the molecule is CO.Cc1ccc(S(=O)(=O)NC(CC(=O)O)Cc2cc(F)c(F)cc2F)cc1. The van der Waals surface area contributed by atoms with Crippen LogP contribution in [0, 0.1) is 24.4 Å². The molecule has 0 heterocycles. The molecule has 0 amide bonds. The van der Waals surface area contributed by atoms with Crippen LogP contribution in [0.25, 0.3) is 0 Å². The fourth-order valence-electron chi connectivity index (χ4n) is 2.36. The van der Waals surface area contributed by atoms with Gasteiger partial charge in [-0.2, -0.15) is 0 Å². The summed E-state index contributed by atoms with van der Waals surface area (Å²) in [6.07, 6.45) is -1.12. The zero-order chi connectivity index (χ0) is 21.5. The largest absolute Gasteiger partial charge is 0.481 e. The molecule has 1 atom stereocenters. The van der Waals surface area contributed by atoms with Crippen LogP contribution >= 0.6 is 0 Å². The third kappa shape index (κ3) is 6.63. The second kappa shape index (κ2) is 10.2. The molecule has 0 saturated heterocycles. The Kier molecular flexibility index (Phi) is 8.61. The Hall–Kier alpha value is -2.43. The number of rotatable bonds is 7. The fraction of sp³-hybridized carbons (Fsp3) is 0.278. The molecule has 0 fully saturated rings. The quantitative estimate of drug-likeness (QED) is 0.598. The van der Waals surface area contributed by atoms with Crippen molar-refractivity contribution in [1.82, 2.24) is 4.72 Å². The molecule has 2 rings (SSSR count). The summed E-state index contributed by atoms with van der Waals surface area (Å²) in [4.78, 5) is 10.9. The summed E-state index contributed by atoms with van der Waals surface area (Å²) in [7, 11) is -3.08. The highest BCUT2D eigenvalue weighted by Crippen LogP contribution is 2.18. The average molecular weight is 419 g/mol. The van der Waals surface area contributed by atoms with E-state index in [0.29, 0.717) is 12.1 Å². The van der Waals surface area contributed by atoms with Gasteiger partial charge in [0.1, 0.15) is 5.82 Å². The van der Waals surface area contributed by atoms with Crippen LogP contribution in [0.2, 0.25) is 0 Å². The molecule has 6 nitrogen and oxygen atoms in total. The topological polar surface area (TPSA) is 104 Å². The maximum Gasteiger partial charge on any atom is 0.304 e. The van der Waals surface area contributed by atoms with Crippen molar-refractivity contribution in [2.24, 2.45) is 0 Å². The Labute approximate surface area is 160 Å². The second-order valence-corrected chi connectivity index (χ2v) is 7.50. The van der Waals surface area contributed by atoms with Gasteiger partial charge in [0.2, 0.25) is 10.0 Å². The number of aliphatic carboxylic acids is 1. The smallest absolute Gasteiger partial charge is 0.304 e. The number of carboxylic acid groups (broad SMARTS) is 1. The molecule has 0 bridgehead atoms. The molecule has 0 aliphatic heterocycles. The van der Waals surface area contributed by atoms with E-state index in [4.69, 9.17) is 10.2 Å². The Bertz CT molecular complexity index is 918. The van der Waals surface area contributed by atoms with E-state index in [9.17, 15) is 26.4 Å². The Balaban J connectivity index is 0.00000190. The summed E-state index contributed by atoms with van der Waals surface area (Å²) in [5.41, 5.74) is 0.497. The molecule has 10 heteroatoms. The zero-order valence-corrected chi connectivity index (χ0v) is 15.9. The van der Waals surface area contributed by atoms with Crippen LogP contribution in [0.4, 0.5) is 13.2 Å². The lowest BCUT2D eigenvalue weighted by atomic mass is 10.0. The van der Waals surface area contributed by atoms with Crippen molar-refractivity contribution in [3.63, 3.8) is 0 Å². The first kappa shape index (κ1) is 23.6. The van der Waals surface area contributed by atoms with E-state index >= 15 is 0 Å². The number of nitrogens with one attached hydrogen (secondary N) is 1. The number of aliphatic hydroxyl groups is 1. The lowest BCUT2D eigenvalue weighted by molar-refractivity contribution is -0.137. The lowest BCUT2D eigenvalue weighted by Crippen LogP contribution is -2.38. The molecule has 2 aromatic rings. The number of carbonyl (C=O) groups is 1. The van der Waals surface area contributed by atoms with E-state index in [0.717, 1.165) is 12.7 Å². The minimum absolute atomic E-state index is 0.0933. The van der Waals surface area contributed by atoms with Gasteiger partial charge >= 0.3 is 5.97 Å². The number of halogens is 3. The van der Waals surface area contributed by atoms with E-state index in [1.165, 1.54) is 12.1 Å². The van der Waals surface area contributed by atoms with Gasteiger partial charge in [0.15, 0.2) is 11.6 Å². The number of benzene rings is 2. The van der Waals surface area contributed by atoms with Crippen molar-refractivity contribution >= 4 is 16.0 Å². The number of aryl methyl sites for hydroxylation is 1. The van der Waals surface area contributed by atoms with E-state index in [-0.39, 0.29) is 10.5 Å². The van der Waals surface area contributed by atoms with E-state index < -0.39 is 52.3 Å². The van der Waals surface area contributed by atoms with Gasteiger partial charge in [-0.05, 0) is 37.1 Å². The maximum absolute atomic E-state index is 13.8. The highest BCUT2D eigenvalue weighted by molar-refractivity contribution is 7.89. The van der Waals surface area contributed by atoms with Crippen molar-refractivity contribution in [3.05, 3.63) is 65.0 Å². The summed E-state index contributed by atoms with van der Waals surface area (Å²) in [5.74, 6) is -5.11. The van der Waals surface area contributed by atoms with Crippen LogP contribution in [-0.4, -0.2) is 37.8 Å². The molecule has 0 aliphatic carbocycles. The zero-order valence-electron chi connectivity index (χ0n) is 15.1. The van der Waals surface area contributed by atoms with Crippen LogP contribution in [0.15, 0.2) is 41.3 Å². The summed E-state index contributed by atoms with van der Waals surface area (Å²) >= 11 is 0. The molecule has 0 aromatic heterocycles. The van der Waals surface area contributed by atoms with Gasteiger partial charge in [0.05, 0.1) is 11.3 Å². The summed E-state index contributed by atoms with van der Waals surface area (Å²) in [6, 6.07) is 5.47. The van der Waals surface area contributed by atoms with Crippen molar-refractivity contribution in [2.45, 2.75) is 30.7 Å². The first-order valence-corrected chi connectivity index (χ1v) is 9.45. The van der Waals surface area contributed by atoms with Crippen molar-refractivity contribution in [3.8, 4) is 0 Å². The molecule has 154 valence electrons.